The fourth-order valence-electron chi connectivity index (χ4n) is 1.41. The largest absolute Gasteiger partial charge is 0.399 e. The van der Waals surface area contributed by atoms with Gasteiger partial charge in [0, 0.05) is 24.5 Å². The number of nitrogens with two attached hydrogens (primary N) is 2. The molecular weight excluding hydrogens is 204 g/mol. The SMILES string of the molecule is CC(C)N(CC(N)=O)Cc1cc(N)ccn1. The first-order valence-corrected chi connectivity index (χ1v) is 5.22. The lowest BCUT2D eigenvalue weighted by molar-refractivity contribution is -0.119. The Morgan fingerprint density at radius 1 is 1.56 bits per heavy atom. The maximum Gasteiger partial charge on any atom is 0.231 e. The zero-order valence-corrected chi connectivity index (χ0v) is 9.68. The zero-order chi connectivity index (χ0) is 12.1. The Balaban J connectivity index is 2.71. The first-order chi connectivity index (χ1) is 7.49. The van der Waals surface area contributed by atoms with Gasteiger partial charge in [-0.15, -0.1) is 0 Å². The number of rotatable bonds is 5. The molecule has 1 aromatic heterocycles. The monoisotopic (exact) mass is 222 g/mol. The van der Waals surface area contributed by atoms with Crippen LogP contribution in [0, 0.1) is 0 Å². The average molecular weight is 222 g/mol. The highest BCUT2D eigenvalue weighted by Crippen LogP contribution is 2.08. The smallest absolute Gasteiger partial charge is 0.231 e. The van der Waals surface area contributed by atoms with Crippen molar-refractivity contribution in [3.8, 4) is 0 Å². The van der Waals surface area contributed by atoms with Crippen molar-refractivity contribution in [2.45, 2.75) is 26.4 Å². The molecule has 88 valence electrons. The number of amides is 1. The predicted octanol–water partition coefficient (Wildman–Crippen LogP) is 0.360. The minimum atomic E-state index is -0.336. The minimum absolute atomic E-state index is 0.230. The molecule has 0 aliphatic carbocycles. The topological polar surface area (TPSA) is 85.2 Å². The molecule has 5 heteroatoms. The highest BCUT2D eigenvalue weighted by atomic mass is 16.1. The van der Waals surface area contributed by atoms with Crippen LogP contribution in [0.15, 0.2) is 18.3 Å². The number of hydrogen-bond donors (Lipinski definition) is 2. The molecule has 5 nitrogen and oxygen atoms in total. The van der Waals surface area contributed by atoms with Crippen molar-refractivity contribution >= 4 is 11.6 Å². The molecule has 0 saturated heterocycles. The van der Waals surface area contributed by atoms with E-state index in [2.05, 4.69) is 4.98 Å². The molecule has 4 N–H and O–H groups in total. The van der Waals surface area contributed by atoms with Gasteiger partial charge in [-0.25, -0.2) is 0 Å². The Morgan fingerprint density at radius 2 is 2.25 bits per heavy atom. The van der Waals surface area contributed by atoms with Gasteiger partial charge in [0.2, 0.25) is 5.91 Å². The molecule has 0 atom stereocenters. The second-order valence-corrected chi connectivity index (χ2v) is 4.05. The molecular formula is C11H18N4O. The van der Waals surface area contributed by atoms with E-state index >= 15 is 0 Å². The van der Waals surface area contributed by atoms with Gasteiger partial charge < -0.3 is 11.5 Å². The molecule has 1 amide bonds. The van der Waals surface area contributed by atoms with Crippen LogP contribution in [0.5, 0.6) is 0 Å². The Hall–Kier alpha value is -1.62. The fraction of sp³-hybridized carbons (Fsp3) is 0.455. The highest BCUT2D eigenvalue weighted by molar-refractivity contribution is 5.75. The number of carbonyl (C=O) groups is 1. The zero-order valence-electron chi connectivity index (χ0n) is 9.68. The molecule has 1 rings (SSSR count). The molecule has 0 fully saturated rings. The summed E-state index contributed by atoms with van der Waals surface area (Å²) in [4.78, 5) is 17.1. The predicted molar refractivity (Wildman–Crippen MR) is 63.4 cm³/mol. The summed E-state index contributed by atoms with van der Waals surface area (Å²) in [6.45, 7) is 4.82. The van der Waals surface area contributed by atoms with Gasteiger partial charge in [0.05, 0.1) is 12.2 Å². The molecule has 0 aromatic carbocycles. The van der Waals surface area contributed by atoms with Crippen molar-refractivity contribution in [3.05, 3.63) is 24.0 Å². The van der Waals surface area contributed by atoms with Crippen molar-refractivity contribution in [1.29, 1.82) is 0 Å². The van der Waals surface area contributed by atoms with Crippen molar-refractivity contribution in [1.82, 2.24) is 9.88 Å². The van der Waals surface area contributed by atoms with E-state index in [1.807, 2.05) is 18.7 Å². The van der Waals surface area contributed by atoms with E-state index in [-0.39, 0.29) is 18.5 Å². The number of hydrogen-bond acceptors (Lipinski definition) is 4. The summed E-state index contributed by atoms with van der Waals surface area (Å²) in [5.41, 5.74) is 12.4. The van der Waals surface area contributed by atoms with Gasteiger partial charge in [-0.05, 0) is 26.0 Å². The van der Waals surface area contributed by atoms with Crippen LogP contribution in [0.4, 0.5) is 5.69 Å². The van der Waals surface area contributed by atoms with E-state index in [1.165, 1.54) is 0 Å². The van der Waals surface area contributed by atoms with Crippen LogP contribution in [0.1, 0.15) is 19.5 Å². The number of anilines is 1. The van der Waals surface area contributed by atoms with Gasteiger partial charge in [-0.1, -0.05) is 0 Å². The lowest BCUT2D eigenvalue weighted by atomic mass is 10.2. The molecule has 1 heterocycles. The summed E-state index contributed by atoms with van der Waals surface area (Å²) in [7, 11) is 0. The van der Waals surface area contributed by atoms with Crippen molar-refractivity contribution in [2.75, 3.05) is 12.3 Å². The molecule has 0 unspecified atom stereocenters. The molecule has 0 bridgehead atoms. The van der Waals surface area contributed by atoms with Crippen LogP contribution in [-0.4, -0.2) is 28.4 Å². The normalized spacial score (nSPS) is 11.0. The van der Waals surface area contributed by atoms with E-state index in [0.29, 0.717) is 12.2 Å². The van der Waals surface area contributed by atoms with E-state index in [0.717, 1.165) is 5.69 Å². The summed E-state index contributed by atoms with van der Waals surface area (Å²) in [5.74, 6) is -0.336. The summed E-state index contributed by atoms with van der Waals surface area (Å²) in [6.07, 6.45) is 1.66. The first-order valence-electron chi connectivity index (χ1n) is 5.22. The lowest BCUT2D eigenvalue weighted by Gasteiger charge is -2.24. The third kappa shape index (κ3) is 3.86. The Labute approximate surface area is 95.4 Å². The van der Waals surface area contributed by atoms with E-state index in [1.54, 1.807) is 18.3 Å². The van der Waals surface area contributed by atoms with Gasteiger partial charge >= 0.3 is 0 Å². The molecule has 16 heavy (non-hydrogen) atoms. The number of nitrogen functional groups attached to an aromatic ring is 1. The van der Waals surface area contributed by atoms with Crippen molar-refractivity contribution < 1.29 is 4.79 Å². The lowest BCUT2D eigenvalue weighted by Crippen LogP contribution is -2.38. The molecule has 0 saturated carbocycles. The standard InChI is InChI=1S/C11H18N4O/c1-8(2)15(7-11(13)16)6-10-5-9(12)3-4-14-10/h3-5,8H,6-7H2,1-2H3,(H2,12,14)(H2,13,16). The van der Waals surface area contributed by atoms with E-state index < -0.39 is 0 Å². The molecule has 0 radical (unpaired) electrons. The Morgan fingerprint density at radius 3 is 2.75 bits per heavy atom. The molecule has 0 spiro atoms. The van der Waals surface area contributed by atoms with Gasteiger partial charge in [0.25, 0.3) is 0 Å². The second-order valence-electron chi connectivity index (χ2n) is 4.05. The molecule has 0 aliphatic heterocycles. The minimum Gasteiger partial charge on any atom is -0.399 e. The highest BCUT2D eigenvalue weighted by Gasteiger charge is 2.13. The summed E-state index contributed by atoms with van der Waals surface area (Å²) in [6, 6.07) is 3.77. The quantitative estimate of drug-likeness (QED) is 0.753. The number of aromatic nitrogens is 1. The summed E-state index contributed by atoms with van der Waals surface area (Å²) in [5, 5.41) is 0. The Kier molecular flexibility index (Phi) is 4.25. The number of nitrogens with zero attached hydrogens (tertiary/aromatic N) is 2. The molecule has 0 aliphatic rings. The van der Waals surface area contributed by atoms with Crippen LogP contribution < -0.4 is 11.5 Å². The number of primary amides is 1. The summed E-state index contributed by atoms with van der Waals surface area (Å²) >= 11 is 0. The van der Waals surface area contributed by atoms with Gasteiger partial charge in [0.15, 0.2) is 0 Å². The Bertz CT molecular complexity index is 365. The fourth-order valence-corrected chi connectivity index (χ4v) is 1.41. The molecule has 1 aromatic rings. The van der Waals surface area contributed by atoms with Crippen LogP contribution in [0.3, 0.4) is 0 Å². The first kappa shape index (κ1) is 12.4. The van der Waals surface area contributed by atoms with Crippen LogP contribution in [0.2, 0.25) is 0 Å². The van der Waals surface area contributed by atoms with E-state index in [4.69, 9.17) is 11.5 Å². The van der Waals surface area contributed by atoms with Crippen LogP contribution >= 0.6 is 0 Å². The van der Waals surface area contributed by atoms with Gasteiger partial charge in [0.1, 0.15) is 0 Å². The number of pyridine rings is 1. The third-order valence-electron chi connectivity index (χ3n) is 2.29. The second kappa shape index (κ2) is 5.46. The van der Waals surface area contributed by atoms with Crippen molar-refractivity contribution in [3.63, 3.8) is 0 Å². The number of carbonyl (C=O) groups excluding carboxylic acids is 1. The maximum atomic E-state index is 10.9. The van der Waals surface area contributed by atoms with E-state index in [9.17, 15) is 4.79 Å². The van der Waals surface area contributed by atoms with Gasteiger partial charge in [-0.3, -0.25) is 14.7 Å². The summed E-state index contributed by atoms with van der Waals surface area (Å²) < 4.78 is 0. The van der Waals surface area contributed by atoms with Crippen LogP contribution in [0.25, 0.3) is 0 Å². The third-order valence-corrected chi connectivity index (χ3v) is 2.29. The van der Waals surface area contributed by atoms with Crippen LogP contribution in [-0.2, 0) is 11.3 Å². The maximum absolute atomic E-state index is 10.9. The van der Waals surface area contributed by atoms with Gasteiger partial charge in [-0.2, -0.15) is 0 Å². The average Bonchev–Trinajstić information content (AvgIpc) is 2.15. The van der Waals surface area contributed by atoms with Crippen molar-refractivity contribution in [2.24, 2.45) is 5.73 Å².